The molecule has 1 heteroatoms. The fourth-order valence-corrected chi connectivity index (χ4v) is 1.29. The fraction of sp³-hybridized carbons (Fsp3) is 0.167. The topological polar surface area (TPSA) is 23.8 Å². The Morgan fingerprint density at radius 2 is 2.23 bits per heavy atom. The van der Waals surface area contributed by atoms with Crippen molar-refractivity contribution in [3.8, 4) is 6.07 Å². The van der Waals surface area contributed by atoms with E-state index in [1.54, 1.807) is 0 Å². The second kappa shape index (κ2) is 3.91. The molecular formula is C12H12N. The Morgan fingerprint density at radius 1 is 1.54 bits per heavy atom. The van der Waals surface area contributed by atoms with Gasteiger partial charge in [0.15, 0.2) is 0 Å². The summed E-state index contributed by atoms with van der Waals surface area (Å²) in [5, 5.41) is 8.81. The van der Waals surface area contributed by atoms with Crippen molar-refractivity contribution in [1.82, 2.24) is 0 Å². The maximum absolute atomic E-state index is 8.81. The Hall–Kier alpha value is -1.55. The van der Waals surface area contributed by atoms with Crippen LogP contribution in [0.25, 0.3) is 0 Å². The summed E-state index contributed by atoms with van der Waals surface area (Å²) in [7, 11) is 0. The second-order valence-electron chi connectivity index (χ2n) is 2.98. The fourth-order valence-electron chi connectivity index (χ4n) is 1.29. The summed E-state index contributed by atoms with van der Waals surface area (Å²) in [4.78, 5) is 0. The van der Waals surface area contributed by atoms with Crippen LogP contribution in [-0.4, -0.2) is 0 Å². The van der Waals surface area contributed by atoms with Crippen LogP contribution in [-0.2, 0) is 0 Å². The molecule has 1 rings (SSSR count). The summed E-state index contributed by atoms with van der Waals surface area (Å²) >= 11 is 0. The van der Waals surface area contributed by atoms with Crippen LogP contribution in [0.5, 0.6) is 0 Å². The highest BCUT2D eigenvalue weighted by atomic mass is 14.2. The van der Waals surface area contributed by atoms with E-state index in [0.29, 0.717) is 0 Å². The number of nitrogens with zero attached hydrogens (tertiary/aromatic N) is 1. The first-order valence-corrected chi connectivity index (χ1v) is 4.16. The third-order valence-electron chi connectivity index (χ3n) is 2.19. The smallest absolute Gasteiger partial charge is 0.0994 e. The van der Waals surface area contributed by atoms with Gasteiger partial charge in [0.05, 0.1) is 11.6 Å². The van der Waals surface area contributed by atoms with Gasteiger partial charge in [-0.2, -0.15) is 5.26 Å². The zero-order valence-corrected chi connectivity index (χ0v) is 7.96. The summed E-state index contributed by atoms with van der Waals surface area (Å²) in [6, 6.07) is 7.90. The maximum atomic E-state index is 8.81. The predicted octanol–water partition coefficient (Wildman–Crippen LogP) is 3.00. The van der Waals surface area contributed by atoms with E-state index in [1.165, 1.54) is 0 Å². The van der Waals surface area contributed by atoms with Gasteiger partial charge in [-0.3, -0.25) is 0 Å². The van der Waals surface area contributed by atoms with E-state index in [0.717, 1.165) is 22.6 Å². The highest BCUT2D eigenvalue weighted by molar-refractivity contribution is 5.49. The lowest BCUT2D eigenvalue weighted by atomic mass is 9.94. The molecule has 0 unspecified atom stereocenters. The van der Waals surface area contributed by atoms with Crippen LogP contribution in [0.4, 0.5) is 0 Å². The van der Waals surface area contributed by atoms with E-state index in [-0.39, 0.29) is 0 Å². The van der Waals surface area contributed by atoms with Crippen LogP contribution >= 0.6 is 0 Å². The molecule has 0 heterocycles. The van der Waals surface area contributed by atoms with Crippen LogP contribution in [0.15, 0.2) is 30.9 Å². The standard InChI is InChI=1S/C12H12N/c1-4-9(2)12-7-5-6-11(8-13)10(12)3/h4-7H,1H2,2-3H3. The number of nitriles is 1. The lowest BCUT2D eigenvalue weighted by Crippen LogP contribution is -1.95. The molecule has 1 nitrogen and oxygen atoms in total. The van der Waals surface area contributed by atoms with Crippen molar-refractivity contribution in [1.29, 1.82) is 5.26 Å². The predicted molar refractivity (Wildman–Crippen MR) is 54.1 cm³/mol. The molecule has 0 N–H and O–H groups in total. The van der Waals surface area contributed by atoms with Gasteiger partial charge < -0.3 is 0 Å². The third-order valence-corrected chi connectivity index (χ3v) is 2.19. The van der Waals surface area contributed by atoms with Gasteiger partial charge in [-0.25, -0.2) is 0 Å². The van der Waals surface area contributed by atoms with E-state index >= 15 is 0 Å². The molecule has 0 saturated heterocycles. The van der Waals surface area contributed by atoms with Crippen molar-refractivity contribution in [2.45, 2.75) is 13.8 Å². The van der Waals surface area contributed by atoms with Gasteiger partial charge in [0, 0.05) is 5.92 Å². The van der Waals surface area contributed by atoms with E-state index in [4.69, 9.17) is 5.26 Å². The number of hydrogen-bond acceptors (Lipinski definition) is 1. The molecule has 0 spiro atoms. The van der Waals surface area contributed by atoms with Crippen molar-refractivity contribution in [3.63, 3.8) is 0 Å². The van der Waals surface area contributed by atoms with Crippen molar-refractivity contribution < 1.29 is 0 Å². The van der Waals surface area contributed by atoms with Gasteiger partial charge in [-0.1, -0.05) is 25.1 Å². The van der Waals surface area contributed by atoms with Crippen LogP contribution in [0, 0.1) is 24.2 Å². The summed E-state index contributed by atoms with van der Waals surface area (Å²) in [6.45, 7) is 7.67. The molecule has 0 amide bonds. The molecule has 0 aliphatic rings. The summed E-state index contributed by atoms with van der Waals surface area (Å²) < 4.78 is 0. The van der Waals surface area contributed by atoms with Crippen molar-refractivity contribution in [3.05, 3.63) is 53.5 Å². The summed E-state index contributed by atoms with van der Waals surface area (Å²) in [6.07, 6.45) is 1.81. The zero-order chi connectivity index (χ0) is 9.84. The first kappa shape index (κ1) is 9.54. The highest BCUT2D eigenvalue weighted by Gasteiger charge is 2.07. The van der Waals surface area contributed by atoms with Gasteiger partial charge in [-0.05, 0) is 24.1 Å². The minimum atomic E-state index is 0.735. The van der Waals surface area contributed by atoms with Gasteiger partial charge in [-0.15, -0.1) is 6.58 Å². The Morgan fingerprint density at radius 3 is 2.77 bits per heavy atom. The van der Waals surface area contributed by atoms with E-state index in [9.17, 15) is 0 Å². The molecule has 1 aromatic rings. The molecule has 0 aliphatic carbocycles. The largest absolute Gasteiger partial charge is 0.192 e. The summed E-state index contributed by atoms with van der Waals surface area (Å²) in [5.74, 6) is 1.11. The molecule has 1 aromatic carbocycles. The van der Waals surface area contributed by atoms with Gasteiger partial charge in [0.1, 0.15) is 0 Å². The first-order chi connectivity index (χ1) is 6.20. The third kappa shape index (κ3) is 1.78. The Bertz CT molecular complexity index is 358. The lowest BCUT2D eigenvalue weighted by Gasteiger charge is -2.09. The maximum Gasteiger partial charge on any atom is 0.0994 e. The molecule has 0 aliphatic heterocycles. The molecule has 0 atom stereocenters. The van der Waals surface area contributed by atoms with Crippen molar-refractivity contribution in [2.24, 2.45) is 0 Å². The molecule has 0 saturated carbocycles. The van der Waals surface area contributed by atoms with Crippen LogP contribution in [0.3, 0.4) is 0 Å². The lowest BCUT2D eigenvalue weighted by molar-refractivity contribution is 1.20. The molecule has 13 heavy (non-hydrogen) atoms. The minimum Gasteiger partial charge on any atom is -0.192 e. The summed E-state index contributed by atoms with van der Waals surface area (Å²) in [5.41, 5.74) is 2.87. The highest BCUT2D eigenvalue weighted by Crippen LogP contribution is 2.21. The van der Waals surface area contributed by atoms with E-state index in [1.807, 2.05) is 38.1 Å². The monoisotopic (exact) mass is 170 g/mol. The molecule has 1 radical (unpaired) electrons. The first-order valence-electron chi connectivity index (χ1n) is 4.16. The number of hydrogen-bond donors (Lipinski definition) is 0. The molecule has 0 aromatic heterocycles. The Labute approximate surface area is 79.3 Å². The SMILES string of the molecule is C=C[C](C)c1cccc(C#N)c1C. The average Bonchev–Trinajstić information content (AvgIpc) is 2.17. The van der Waals surface area contributed by atoms with Crippen LogP contribution < -0.4 is 0 Å². The normalized spacial score (nSPS) is 9.69. The van der Waals surface area contributed by atoms with Crippen LogP contribution in [0.2, 0.25) is 0 Å². The number of allylic oxidation sites excluding steroid dienone is 1. The van der Waals surface area contributed by atoms with Crippen molar-refractivity contribution in [2.75, 3.05) is 0 Å². The van der Waals surface area contributed by atoms with E-state index < -0.39 is 0 Å². The Balaban J connectivity index is 3.25. The van der Waals surface area contributed by atoms with Gasteiger partial charge >= 0.3 is 0 Å². The quantitative estimate of drug-likeness (QED) is 0.669. The van der Waals surface area contributed by atoms with E-state index in [2.05, 4.69) is 12.6 Å². The minimum absolute atomic E-state index is 0.735. The van der Waals surface area contributed by atoms with Gasteiger partial charge in [0.25, 0.3) is 0 Å². The molecular weight excluding hydrogens is 158 g/mol. The van der Waals surface area contributed by atoms with Gasteiger partial charge in [0.2, 0.25) is 0 Å². The molecule has 0 bridgehead atoms. The molecule has 65 valence electrons. The Kier molecular flexibility index (Phi) is 2.87. The van der Waals surface area contributed by atoms with Crippen LogP contribution in [0.1, 0.15) is 23.6 Å². The second-order valence-corrected chi connectivity index (χ2v) is 2.98. The average molecular weight is 170 g/mol. The number of benzene rings is 1. The zero-order valence-electron chi connectivity index (χ0n) is 7.96. The molecule has 0 fully saturated rings. The van der Waals surface area contributed by atoms with Crippen molar-refractivity contribution >= 4 is 0 Å². The number of rotatable bonds is 2.